The van der Waals surface area contributed by atoms with Gasteiger partial charge in [-0.1, -0.05) is 0 Å². The summed E-state index contributed by atoms with van der Waals surface area (Å²) in [4.78, 5) is 11.2. The van der Waals surface area contributed by atoms with Gasteiger partial charge in [-0.25, -0.2) is 12.8 Å². The van der Waals surface area contributed by atoms with Crippen LogP contribution in [0.4, 0.5) is 4.39 Å². The number of sulfonamides is 1. The maximum absolute atomic E-state index is 13.1. The van der Waals surface area contributed by atoms with Crippen molar-refractivity contribution in [2.75, 3.05) is 7.05 Å². The summed E-state index contributed by atoms with van der Waals surface area (Å²) in [5, 5.41) is 8.97. The molecule has 0 aliphatic rings. The predicted octanol–water partition coefficient (Wildman–Crippen LogP) is 2.06. The smallest absolute Gasteiger partial charge is 0.324 e. The summed E-state index contributed by atoms with van der Waals surface area (Å²) in [5.74, 6) is -1.82. The number of halogens is 1. The number of fused-ring (bicyclic) bond motifs is 1. The molecule has 0 amide bonds. The van der Waals surface area contributed by atoms with Crippen molar-refractivity contribution in [3.8, 4) is 0 Å². The molecule has 0 aliphatic carbocycles. The van der Waals surface area contributed by atoms with E-state index in [1.165, 1.54) is 26.0 Å². The predicted molar refractivity (Wildman–Crippen MR) is 72.8 cm³/mol. The van der Waals surface area contributed by atoms with Crippen LogP contribution in [-0.2, 0) is 14.8 Å². The number of aliphatic carboxylic acids is 1. The van der Waals surface area contributed by atoms with Crippen LogP contribution in [-0.4, -0.2) is 36.4 Å². The van der Waals surface area contributed by atoms with Gasteiger partial charge in [0, 0.05) is 18.5 Å². The molecule has 0 aliphatic heterocycles. The second kappa shape index (κ2) is 4.81. The first-order valence-electron chi connectivity index (χ1n) is 5.98. The summed E-state index contributed by atoms with van der Waals surface area (Å²) < 4.78 is 43.8. The van der Waals surface area contributed by atoms with E-state index in [4.69, 9.17) is 9.52 Å². The van der Waals surface area contributed by atoms with Gasteiger partial charge in [0.2, 0.25) is 5.09 Å². The lowest BCUT2D eigenvalue weighted by molar-refractivity contribution is -0.145. The molecular formula is C13H14FNO5S. The molecule has 1 aromatic heterocycles. The van der Waals surface area contributed by atoms with E-state index in [9.17, 15) is 17.6 Å². The van der Waals surface area contributed by atoms with Crippen molar-refractivity contribution in [3.63, 3.8) is 0 Å². The molecule has 1 heterocycles. The lowest BCUT2D eigenvalue weighted by atomic mass is 10.1. The maximum Gasteiger partial charge on any atom is 0.324 e. The average molecular weight is 315 g/mol. The van der Waals surface area contributed by atoms with E-state index >= 15 is 0 Å². The Morgan fingerprint density at radius 2 is 1.95 bits per heavy atom. The Balaban J connectivity index is 2.54. The van der Waals surface area contributed by atoms with Gasteiger partial charge < -0.3 is 9.52 Å². The number of hydrogen-bond acceptors (Lipinski definition) is 4. The normalized spacial score (nSPS) is 13.0. The van der Waals surface area contributed by atoms with Crippen LogP contribution in [0.25, 0.3) is 11.0 Å². The summed E-state index contributed by atoms with van der Waals surface area (Å²) in [7, 11) is -3.00. The molecule has 0 saturated heterocycles. The fourth-order valence-electron chi connectivity index (χ4n) is 1.69. The molecule has 6 nitrogen and oxygen atoms in total. The minimum Gasteiger partial charge on any atom is -0.480 e. The molecule has 2 aromatic rings. The number of benzene rings is 1. The van der Waals surface area contributed by atoms with Gasteiger partial charge in [-0.2, -0.15) is 4.31 Å². The molecular weight excluding hydrogens is 301 g/mol. The first kappa shape index (κ1) is 15.5. The monoisotopic (exact) mass is 315 g/mol. The molecule has 1 aromatic carbocycles. The van der Waals surface area contributed by atoms with Gasteiger partial charge in [0.05, 0.1) is 0 Å². The zero-order valence-electron chi connectivity index (χ0n) is 11.6. The van der Waals surface area contributed by atoms with E-state index in [2.05, 4.69) is 0 Å². The highest BCUT2D eigenvalue weighted by Crippen LogP contribution is 2.28. The second-order valence-electron chi connectivity index (χ2n) is 5.08. The van der Waals surface area contributed by atoms with Crippen molar-refractivity contribution in [2.24, 2.45) is 0 Å². The highest BCUT2D eigenvalue weighted by atomic mass is 32.2. The average Bonchev–Trinajstić information content (AvgIpc) is 2.81. The molecule has 0 radical (unpaired) electrons. The molecule has 0 atom stereocenters. The third-order valence-corrected chi connectivity index (χ3v) is 5.27. The van der Waals surface area contributed by atoms with Crippen LogP contribution in [0.1, 0.15) is 13.8 Å². The Morgan fingerprint density at radius 3 is 2.52 bits per heavy atom. The van der Waals surface area contributed by atoms with Gasteiger partial charge in [-0.3, -0.25) is 4.79 Å². The van der Waals surface area contributed by atoms with E-state index < -0.39 is 32.4 Å². The lowest BCUT2D eigenvalue weighted by Gasteiger charge is -2.29. The van der Waals surface area contributed by atoms with Crippen molar-refractivity contribution in [1.82, 2.24) is 4.31 Å². The molecule has 21 heavy (non-hydrogen) atoms. The van der Waals surface area contributed by atoms with Crippen LogP contribution < -0.4 is 0 Å². The van der Waals surface area contributed by atoms with Crippen LogP contribution in [0.5, 0.6) is 0 Å². The summed E-state index contributed by atoms with van der Waals surface area (Å²) in [5.41, 5.74) is -1.44. The van der Waals surface area contributed by atoms with Crippen molar-refractivity contribution >= 4 is 27.0 Å². The van der Waals surface area contributed by atoms with E-state index in [0.29, 0.717) is 4.31 Å². The van der Waals surface area contributed by atoms with Crippen molar-refractivity contribution in [1.29, 1.82) is 0 Å². The molecule has 1 N–H and O–H groups in total. The highest BCUT2D eigenvalue weighted by Gasteiger charge is 2.41. The van der Waals surface area contributed by atoms with Gasteiger partial charge in [0.25, 0.3) is 10.0 Å². The third-order valence-electron chi connectivity index (χ3n) is 3.38. The molecule has 2 rings (SSSR count). The van der Waals surface area contributed by atoms with Crippen LogP contribution >= 0.6 is 0 Å². The molecule has 0 bridgehead atoms. The maximum atomic E-state index is 13.1. The Labute approximate surface area is 120 Å². The topological polar surface area (TPSA) is 87.8 Å². The summed E-state index contributed by atoms with van der Waals surface area (Å²) >= 11 is 0. The Hall–Kier alpha value is -1.93. The number of carboxylic acids is 1. The number of furan rings is 1. The molecule has 0 saturated carbocycles. The minimum atomic E-state index is -4.15. The third kappa shape index (κ3) is 2.52. The SMILES string of the molecule is CN(C(C)(C)C(=O)O)S(=O)(=O)c1cc2cc(F)ccc2o1. The number of likely N-dealkylation sites (N-methyl/N-ethyl adjacent to an activating group) is 1. The number of rotatable bonds is 4. The molecule has 0 spiro atoms. The number of hydrogen-bond donors (Lipinski definition) is 1. The summed E-state index contributed by atoms with van der Waals surface area (Å²) in [6, 6.07) is 4.77. The largest absolute Gasteiger partial charge is 0.480 e. The second-order valence-corrected chi connectivity index (χ2v) is 6.98. The zero-order valence-corrected chi connectivity index (χ0v) is 12.4. The van der Waals surface area contributed by atoms with Crippen LogP contribution in [0.15, 0.2) is 33.8 Å². The fourth-order valence-corrected chi connectivity index (χ4v) is 3.11. The first-order chi connectivity index (χ1) is 9.56. The van der Waals surface area contributed by atoms with Gasteiger partial charge in [-0.15, -0.1) is 0 Å². The van der Waals surface area contributed by atoms with Crippen molar-refractivity contribution in [3.05, 3.63) is 30.1 Å². The van der Waals surface area contributed by atoms with E-state index in [1.807, 2.05) is 0 Å². The summed E-state index contributed by atoms with van der Waals surface area (Å²) in [6.45, 7) is 2.52. The highest BCUT2D eigenvalue weighted by molar-refractivity contribution is 7.89. The Morgan fingerprint density at radius 1 is 1.33 bits per heavy atom. The fraction of sp³-hybridized carbons (Fsp3) is 0.308. The van der Waals surface area contributed by atoms with Gasteiger partial charge in [0.15, 0.2) is 0 Å². The van der Waals surface area contributed by atoms with Crippen molar-refractivity contribution < 1.29 is 27.1 Å². The Bertz CT molecular complexity index is 809. The van der Waals surface area contributed by atoms with Crippen LogP contribution in [0.3, 0.4) is 0 Å². The molecule has 114 valence electrons. The van der Waals surface area contributed by atoms with Gasteiger partial charge >= 0.3 is 5.97 Å². The van der Waals surface area contributed by atoms with Gasteiger partial charge in [0.1, 0.15) is 16.9 Å². The van der Waals surface area contributed by atoms with Crippen molar-refractivity contribution in [2.45, 2.75) is 24.5 Å². The van der Waals surface area contributed by atoms with Crippen LogP contribution in [0.2, 0.25) is 0 Å². The lowest BCUT2D eigenvalue weighted by Crippen LogP contribution is -2.50. The van der Waals surface area contributed by atoms with Crippen LogP contribution in [0, 0.1) is 5.82 Å². The van der Waals surface area contributed by atoms with E-state index in [1.54, 1.807) is 0 Å². The Kier molecular flexibility index (Phi) is 3.54. The molecule has 0 unspecified atom stereocenters. The quantitative estimate of drug-likeness (QED) is 0.933. The first-order valence-corrected chi connectivity index (χ1v) is 7.42. The van der Waals surface area contributed by atoms with Gasteiger partial charge in [-0.05, 0) is 32.0 Å². The standard InChI is InChI=1S/C13H14FNO5S/c1-13(2,12(16)17)15(3)21(18,19)11-7-8-6-9(14)4-5-10(8)20-11/h4-7H,1-3H3,(H,16,17). The van der Waals surface area contributed by atoms with E-state index in [0.717, 1.165) is 19.2 Å². The molecule has 8 heteroatoms. The zero-order chi connectivity index (χ0) is 16.0. The van der Waals surface area contributed by atoms with E-state index in [-0.39, 0.29) is 11.0 Å². The summed E-state index contributed by atoms with van der Waals surface area (Å²) in [6.07, 6.45) is 0. The minimum absolute atomic E-state index is 0.205. The number of carboxylic acid groups (broad SMARTS) is 1. The number of nitrogens with zero attached hydrogens (tertiary/aromatic N) is 1. The number of carbonyl (C=O) groups is 1. The molecule has 0 fully saturated rings.